The lowest BCUT2D eigenvalue weighted by atomic mass is 10.1. The third kappa shape index (κ3) is 1.83. The molecule has 0 amide bonds. The molecule has 0 saturated carbocycles. The van der Waals surface area contributed by atoms with Gasteiger partial charge in [0, 0.05) is 6.42 Å². The van der Waals surface area contributed by atoms with Gasteiger partial charge < -0.3 is 9.52 Å². The number of benzene rings is 1. The van der Waals surface area contributed by atoms with Crippen LogP contribution in [-0.4, -0.2) is 11.1 Å². The fraction of sp³-hybridized carbons (Fsp3) is 0.182. The fourth-order valence-electron chi connectivity index (χ4n) is 1.49. The van der Waals surface area contributed by atoms with Crippen molar-refractivity contribution in [3.63, 3.8) is 0 Å². The van der Waals surface area contributed by atoms with Gasteiger partial charge in [-0.25, -0.2) is 4.39 Å². The molecular formula is C11H9FO3. The minimum absolute atomic E-state index is 0.0692. The Labute approximate surface area is 85.1 Å². The summed E-state index contributed by atoms with van der Waals surface area (Å²) in [6, 6.07) is 4.74. The van der Waals surface area contributed by atoms with Crippen LogP contribution in [0.1, 0.15) is 12.0 Å². The molecule has 0 saturated heterocycles. The van der Waals surface area contributed by atoms with Gasteiger partial charge in [-0.1, -0.05) is 6.07 Å². The molecule has 0 fully saturated rings. The van der Waals surface area contributed by atoms with Crippen LogP contribution < -0.4 is 0 Å². The highest BCUT2D eigenvalue weighted by Crippen LogP contribution is 2.22. The van der Waals surface area contributed by atoms with Crippen LogP contribution in [0.5, 0.6) is 0 Å². The lowest BCUT2D eigenvalue weighted by molar-refractivity contribution is -0.136. The summed E-state index contributed by atoms with van der Waals surface area (Å²) in [4.78, 5) is 10.4. The van der Waals surface area contributed by atoms with Crippen molar-refractivity contribution in [1.29, 1.82) is 0 Å². The summed E-state index contributed by atoms with van der Waals surface area (Å²) in [5.41, 5.74) is 0.887. The van der Waals surface area contributed by atoms with Crippen LogP contribution >= 0.6 is 0 Å². The molecule has 78 valence electrons. The maximum atomic E-state index is 13.7. The zero-order valence-corrected chi connectivity index (χ0v) is 7.87. The first-order valence-corrected chi connectivity index (χ1v) is 4.55. The summed E-state index contributed by atoms with van der Waals surface area (Å²) in [5.74, 6) is -1.32. The molecule has 3 nitrogen and oxygen atoms in total. The van der Waals surface area contributed by atoms with Crippen LogP contribution in [0.15, 0.2) is 28.9 Å². The van der Waals surface area contributed by atoms with E-state index in [1.807, 2.05) is 0 Å². The summed E-state index contributed by atoms with van der Waals surface area (Å²) < 4.78 is 18.7. The molecule has 1 aromatic heterocycles. The van der Waals surface area contributed by atoms with E-state index in [0.29, 0.717) is 16.5 Å². The lowest BCUT2D eigenvalue weighted by Gasteiger charge is -2.01. The second-order valence-corrected chi connectivity index (χ2v) is 3.26. The second-order valence-electron chi connectivity index (χ2n) is 3.26. The maximum Gasteiger partial charge on any atom is 0.303 e. The van der Waals surface area contributed by atoms with E-state index < -0.39 is 5.97 Å². The summed E-state index contributed by atoms with van der Waals surface area (Å²) in [5, 5.41) is 8.90. The Morgan fingerprint density at radius 1 is 1.40 bits per heavy atom. The van der Waals surface area contributed by atoms with E-state index in [-0.39, 0.29) is 18.7 Å². The number of hydrogen-bond acceptors (Lipinski definition) is 2. The van der Waals surface area contributed by atoms with Crippen molar-refractivity contribution in [1.82, 2.24) is 0 Å². The van der Waals surface area contributed by atoms with Gasteiger partial charge in [0.1, 0.15) is 11.4 Å². The molecule has 2 aromatic rings. The third-order valence-electron chi connectivity index (χ3n) is 2.26. The minimum atomic E-state index is -0.929. The van der Waals surface area contributed by atoms with Crippen molar-refractivity contribution in [2.45, 2.75) is 12.8 Å². The Kier molecular flexibility index (Phi) is 2.41. The van der Waals surface area contributed by atoms with Gasteiger partial charge in [0.15, 0.2) is 0 Å². The summed E-state index contributed by atoms with van der Waals surface area (Å²) in [7, 11) is 0. The van der Waals surface area contributed by atoms with E-state index >= 15 is 0 Å². The quantitative estimate of drug-likeness (QED) is 0.843. The van der Waals surface area contributed by atoms with Crippen molar-refractivity contribution in [2.75, 3.05) is 0 Å². The molecular weight excluding hydrogens is 199 g/mol. The molecule has 1 N–H and O–H groups in total. The molecule has 0 radical (unpaired) electrons. The number of carboxylic acid groups (broad SMARTS) is 1. The van der Waals surface area contributed by atoms with E-state index in [1.165, 1.54) is 12.3 Å². The maximum absolute atomic E-state index is 13.7. The number of halogens is 1. The monoisotopic (exact) mass is 208 g/mol. The largest absolute Gasteiger partial charge is 0.481 e. The Morgan fingerprint density at radius 3 is 2.93 bits per heavy atom. The molecule has 1 aromatic carbocycles. The van der Waals surface area contributed by atoms with Gasteiger partial charge in [-0.3, -0.25) is 4.79 Å². The van der Waals surface area contributed by atoms with Gasteiger partial charge in [-0.05, 0) is 24.1 Å². The van der Waals surface area contributed by atoms with E-state index in [1.54, 1.807) is 12.1 Å². The van der Waals surface area contributed by atoms with Gasteiger partial charge in [-0.15, -0.1) is 0 Å². The summed E-state index contributed by atoms with van der Waals surface area (Å²) in [6.45, 7) is 0. The predicted octanol–water partition coefficient (Wildman–Crippen LogP) is 2.59. The van der Waals surface area contributed by atoms with E-state index in [0.717, 1.165) is 0 Å². The molecule has 0 aliphatic rings. The van der Waals surface area contributed by atoms with Gasteiger partial charge in [-0.2, -0.15) is 0 Å². The van der Waals surface area contributed by atoms with Crippen LogP contribution in [0.3, 0.4) is 0 Å². The number of carboxylic acids is 1. The van der Waals surface area contributed by atoms with Gasteiger partial charge in [0.2, 0.25) is 0 Å². The predicted molar refractivity (Wildman–Crippen MR) is 52.1 cm³/mol. The number of fused-ring (bicyclic) bond motifs is 1. The van der Waals surface area contributed by atoms with Gasteiger partial charge in [0.05, 0.1) is 11.6 Å². The Bertz CT molecular complexity index is 502. The van der Waals surface area contributed by atoms with Crippen LogP contribution in [-0.2, 0) is 11.2 Å². The number of carbonyl (C=O) groups is 1. The number of rotatable bonds is 3. The topological polar surface area (TPSA) is 50.4 Å². The van der Waals surface area contributed by atoms with Crippen LogP contribution in [0, 0.1) is 5.82 Å². The highest BCUT2D eigenvalue weighted by molar-refractivity contribution is 5.78. The highest BCUT2D eigenvalue weighted by Gasteiger charge is 2.10. The molecule has 0 atom stereocenters. The highest BCUT2D eigenvalue weighted by atomic mass is 19.1. The zero-order valence-electron chi connectivity index (χ0n) is 7.87. The third-order valence-corrected chi connectivity index (χ3v) is 2.26. The van der Waals surface area contributed by atoms with Crippen molar-refractivity contribution in [3.05, 3.63) is 35.8 Å². The normalized spacial score (nSPS) is 10.7. The SMILES string of the molecule is O=C(O)CCc1ccc2occc2c1F. The first kappa shape index (κ1) is 9.71. The minimum Gasteiger partial charge on any atom is -0.481 e. The molecule has 2 rings (SSSR count). The molecule has 0 aliphatic carbocycles. The standard InChI is InChI=1S/C11H9FO3/c12-11-7(2-4-10(13)14)1-3-9-8(11)5-6-15-9/h1,3,5-6H,2,4H2,(H,13,14). The fourth-order valence-corrected chi connectivity index (χ4v) is 1.49. The number of hydrogen-bond donors (Lipinski definition) is 1. The van der Waals surface area contributed by atoms with Crippen molar-refractivity contribution in [3.8, 4) is 0 Å². The van der Waals surface area contributed by atoms with E-state index in [9.17, 15) is 9.18 Å². The Balaban J connectivity index is 2.35. The zero-order chi connectivity index (χ0) is 10.8. The molecule has 0 unspecified atom stereocenters. The molecule has 4 heteroatoms. The average Bonchev–Trinajstić information content (AvgIpc) is 2.65. The smallest absolute Gasteiger partial charge is 0.303 e. The van der Waals surface area contributed by atoms with Crippen molar-refractivity contribution in [2.24, 2.45) is 0 Å². The molecule has 15 heavy (non-hydrogen) atoms. The first-order valence-electron chi connectivity index (χ1n) is 4.55. The Hall–Kier alpha value is -1.84. The Morgan fingerprint density at radius 2 is 2.20 bits per heavy atom. The van der Waals surface area contributed by atoms with Crippen LogP contribution in [0.2, 0.25) is 0 Å². The molecule has 0 bridgehead atoms. The molecule has 0 spiro atoms. The van der Waals surface area contributed by atoms with Gasteiger partial charge >= 0.3 is 5.97 Å². The number of furan rings is 1. The lowest BCUT2D eigenvalue weighted by Crippen LogP contribution is -1.99. The average molecular weight is 208 g/mol. The van der Waals surface area contributed by atoms with Crippen LogP contribution in [0.25, 0.3) is 11.0 Å². The number of aryl methyl sites for hydroxylation is 1. The molecule has 0 aliphatic heterocycles. The van der Waals surface area contributed by atoms with E-state index in [2.05, 4.69) is 0 Å². The summed E-state index contributed by atoms with van der Waals surface area (Å²) >= 11 is 0. The van der Waals surface area contributed by atoms with Crippen molar-refractivity contribution >= 4 is 16.9 Å². The number of aliphatic carboxylic acids is 1. The first-order chi connectivity index (χ1) is 7.18. The summed E-state index contributed by atoms with van der Waals surface area (Å²) in [6.07, 6.45) is 1.54. The van der Waals surface area contributed by atoms with Crippen molar-refractivity contribution < 1.29 is 18.7 Å². The van der Waals surface area contributed by atoms with E-state index in [4.69, 9.17) is 9.52 Å². The molecule has 1 heterocycles. The van der Waals surface area contributed by atoms with Crippen LogP contribution in [0.4, 0.5) is 4.39 Å². The van der Waals surface area contributed by atoms with Gasteiger partial charge in [0.25, 0.3) is 0 Å². The second kappa shape index (κ2) is 3.73.